The minimum Gasteiger partial charge on any atom is -0.477 e. The van der Waals surface area contributed by atoms with Crippen molar-refractivity contribution in [1.82, 2.24) is 10.2 Å². The molecule has 0 unspecified atom stereocenters. The number of halogens is 2. The Kier molecular flexibility index (Phi) is 11.0. The van der Waals surface area contributed by atoms with Gasteiger partial charge in [0.25, 0.3) is 0 Å². The van der Waals surface area contributed by atoms with Gasteiger partial charge in [-0.3, -0.25) is 4.79 Å². The monoisotopic (exact) mass is 241 g/mol. The predicted octanol–water partition coefficient (Wildman–Crippen LogP) is -1.04. The molecule has 8 heteroatoms. The Balaban J connectivity index is 0. The fourth-order valence-electron chi connectivity index (χ4n) is 0.555. The normalized spacial score (nSPS) is 9.69. The van der Waals surface area contributed by atoms with Gasteiger partial charge in [-0.2, -0.15) is 8.78 Å². The van der Waals surface area contributed by atoms with Crippen molar-refractivity contribution in [3.63, 3.8) is 0 Å². The molecule has 0 saturated carbocycles. The molecule has 0 aliphatic rings. The van der Waals surface area contributed by atoms with Crippen LogP contribution in [0.25, 0.3) is 0 Å². The zero-order valence-electron chi connectivity index (χ0n) is 9.24. The highest BCUT2D eigenvalue weighted by atomic mass is 19.3. The third-order valence-corrected chi connectivity index (χ3v) is 1.11. The van der Waals surface area contributed by atoms with Crippen molar-refractivity contribution < 1.29 is 23.5 Å². The first kappa shape index (κ1) is 17.1. The summed E-state index contributed by atoms with van der Waals surface area (Å²) >= 11 is 0. The van der Waals surface area contributed by atoms with E-state index in [0.717, 1.165) is 0 Å². The summed E-state index contributed by atoms with van der Waals surface area (Å²) in [6, 6.07) is 0. The van der Waals surface area contributed by atoms with Gasteiger partial charge in [-0.05, 0) is 14.1 Å². The zero-order chi connectivity index (χ0) is 13.1. The Hall–Kier alpha value is -1.28. The van der Waals surface area contributed by atoms with E-state index < -0.39 is 12.4 Å². The molecule has 0 saturated heterocycles. The zero-order valence-corrected chi connectivity index (χ0v) is 9.24. The fourth-order valence-corrected chi connectivity index (χ4v) is 0.555. The molecule has 0 heterocycles. The molecular weight excluding hydrogens is 224 g/mol. The molecule has 0 rings (SSSR count). The average molecular weight is 241 g/mol. The third kappa shape index (κ3) is 15.2. The molecule has 0 aromatic rings. The Morgan fingerprint density at radius 1 is 1.44 bits per heavy atom. The number of carboxylic acid groups (broad SMARTS) is 1. The van der Waals surface area contributed by atoms with Gasteiger partial charge in [0.1, 0.15) is 0 Å². The van der Waals surface area contributed by atoms with E-state index >= 15 is 0 Å². The lowest BCUT2D eigenvalue weighted by molar-refractivity contribution is -0.149. The van der Waals surface area contributed by atoms with Crippen molar-refractivity contribution in [1.29, 1.82) is 0 Å². The van der Waals surface area contributed by atoms with Gasteiger partial charge >= 0.3 is 12.4 Å². The summed E-state index contributed by atoms with van der Waals surface area (Å²) < 4.78 is 21.1. The second-order valence-corrected chi connectivity index (χ2v) is 3.02. The molecule has 0 fully saturated rings. The van der Waals surface area contributed by atoms with Crippen LogP contribution in [0.15, 0.2) is 0 Å². The lowest BCUT2D eigenvalue weighted by Crippen LogP contribution is -2.35. The Labute approximate surface area is 92.4 Å². The molecule has 0 aliphatic heterocycles. The molecule has 1 amide bonds. The van der Waals surface area contributed by atoms with E-state index in [1.165, 1.54) is 0 Å². The number of hydrogen-bond donors (Lipinski definition) is 3. The number of amides is 1. The van der Waals surface area contributed by atoms with Crippen molar-refractivity contribution in [3.05, 3.63) is 0 Å². The molecule has 0 aromatic heterocycles. The van der Waals surface area contributed by atoms with Crippen LogP contribution in [0.3, 0.4) is 0 Å². The van der Waals surface area contributed by atoms with Crippen LogP contribution >= 0.6 is 0 Å². The van der Waals surface area contributed by atoms with Crippen LogP contribution in [-0.4, -0.2) is 62.0 Å². The van der Waals surface area contributed by atoms with E-state index in [9.17, 15) is 13.6 Å². The van der Waals surface area contributed by atoms with Crippen molar-refractivity contribution >= 4 is 11.9 Å². The van der Waals surface area contributed by atoms with E-state index in [-0.39, 0.29) is 5.91 Å². The standard InChI is InChI=1S/C6H15N3O.C2H2F2O2/c1-9(2)5-6(10)8-4-3-7;3-1(4)2(5)6/h3-5,7H2,1-2H3,(H,8,10);1H,(H,5,6). The maximum absolute atomic E-state index is 10.8. The van der Waals surface area contributed by atoms with Crippen LogP contribution in [0.4, 0.5) is 8.78 Å². The largest absolute Gasteiger partial charge is 0.477 e. The van der Waals surface area contributed by atoms with E-state index in [2.05, 4.69) is 5.32 Å². The first-order valence-electron chi connectivity index (χ1n) is 4.43. The van der Waals surface area contributed by atoms with Crippen LogP contribution in [0, 0.1) is 0 Å². The maximum Gasteiger partial charge on any atom is 0.371 e. The molecule has 0 spiro atoms. The highest BCUT2D eigenvalue weighted by molar-refractivity contribution is 5.77. The first-order valence-corrected chi connectivity index (χ1v) is 4.43. The fraction of sp³-hybridized carbons (Fsp3) is 0.750. The van der Waals surface area contributed by atoms with E-state index in [0.29, 0.717) is 19.6 Å². The van der Waals surface area contributed by atoms with E-state index in [4.69, 9.17) is 15.6 Å². The topological polar surface area (TPSA) is 95.7 Å². The van der Waals surface area contributed by atoms with E-state index in [1.54, 1.807) is 0 Å². The number of nitrogens with zero attached hydrogens (tertiary/aromatic N) is 1. The molecule has 0 radical (unpaired) electrons. The van der Waals surface area contributed by atoms with Gasteiger partial charge in [-0.1, -0.05) is 0 Å². The second kappa shape index (κ2) is 10.2. The lowest BCUT2D eigenvalue weighted by Gasteiger charge is -2.08. The van der Waals surface area contributed by atoms with Crippen LogP contribution in [0.5, 0.6) is 0 Å². The smallest absolute Gasteiger partial charge is 0.371 e. The second-order valence-electron chi connectivity index (χ2n) is 3.02. The number of likely N-dealkylation sites (N-methyl/N-ethyl adjacent to an activating group) is 1. The molecule has 4 N–H and O–H groups in total. The highest BCUT2D eigenvalue weighted by Crippen LogP contribution is 1.87. The summed E-state index contributed by atoms with van der Waals surface area (Å²) in [5.74, 6) is -2.05. The molecule has 0 aromatic carbocycles. The van der Waals surface area contributed by atoms with Crippen LogP contribution in [0.2, 0.25) is 0 Å². The quantitative estimate of drug-likeness (QED) is 0.571. The summed E-state index contributed by atoms with van der Waals surface area (Å²) in [6.45, 7) is 1.49. The lowest BCUT2D eigenvalue weighted by atomic mass is 10.5. The summed E-state index contributed by atoms with van der Waals surface area (Å²) in [6.07, 6.45) is -3.23. The first-order chi connectivity index (χ1) is 7.31. The van der Waals surface area contributed by atoms with Crippen LogP contribution in [0.1, 0.15) is 0 Å². The molecule has 0 bridgehead atoms. The van der Waals surface area contributed by atoms with Gasteiger partial charge in [-0.25, -0.2) is 4.79 Å². The summed E-state index contributed by atoms with van der Waals surface area (Å²) in [5.41, 5.74) is 5.18. The van der Waals surface area contributed by atoms with Crippen molar-refractivity contribution in [2.45, 2.75) is 6.43 Å². The molecule has 6 nitrogen and oxygen atoms in total. The van der Waals surface area contributed by atoms with Gasteiger partial charge in [0.05, 0.1) is 6.54 Å². The van der Waals surface area contributed by atoms with Gasteiger partial charge in [0.2, 0.25) is 5.91 Å². The van der Waals surface area contributed by atoms with Crippen LogP contribution < -0.4 is 11.1 Å². The van der Waals surface area contributed by atoms with Crippen molar-refractivity contribution in [3.8, 4) is 0 Å². The number of carbonyl (C=O) groups excluding carboxylic acids is 1. The van der Waals surface area contributed by atoms with E-state index in [1.807, 2.05) is 19.0 Å². The maximum atomic E-state index is 10.8. The number of alkyl halides is 2. The third-order valence-electron chi connectivity index (χ3n) is 1.11. The molecular formula is C8H17F2N3O3. The van der Waals surface area contributed by atoms with Crippen LogP contribution in [-0.2, 0) is 9.59 Å². The average Bonchev–Trinajstić information content (AvgIpc) is 2.14. The number of hydrogen-bond acceptors (Lipinski definition) is 4. The Morgan fingerprint density at radius 2 is 1.88 bits per heavy atom. The molecule has 96 valence electrons. The molecule has 0 aliphatic carbocycles. The number of carbonyl (C=O) groups is 2. The minimum absolute atomic E-state index is 0.0236. The summed E-state index contributed by atoms with van der Waals surface area (Å²) in [7, 11) is 3.70. The van der Waals surface area contributed by atoms with Gasteiger partial charge in [0, 0.05) is 13.1 Å². The van der Waals surface area contributed by atoms with Crippen molar-refractivity contribution in [2.75, 3.05) is 33.7 Å². The van der Waals surface area contributed by atoms with Gasteiger partial charge < -0.3 is 21.1 Å². The SMILES string of the molecule is CN(C)CC(=O)NCCN.O=C(O)C(F)F. The molecule has 16 heavy (non-hydrogen) atoms. The number of aliphatic carboxylic acids is 1. The highest BCUT2D eigenvalue weighted by Gasteiger charge is 2.10. The number of rotatable bonds is 5. The minimum atomic E-state index is -3.23. The van der Waals surface area contributed by atoms with Gasteiger partial charge in [-0.15, -0.1) is 0 Å². The van der Waals surface area contributed by atoms with Crippen molar-refractivity contribution in [2.24, 2.45) is 5.73 Å². The number of nitrogens with one attached hydrogen (secondary N) is 1. The number of carboxylic acids is 1. The molecule has 0 atom stereocenters. The number of nitrogens with two attached hydrogens (primary N) is 1. The summed E-state index contributed by atoms with van der Waals surface area (Å²) in [5, 5.41) is 9.90. The predicted molar refractivity (Wildman–Crippen MR) is 54.3 cm³/mol. The Bertz CT molecular complexity index is 213. The van der Waals surface area contributed by atoms with Gasteiger partial charge in [0.15, 0.2) is 0 Å². The Morgan fingerprint density at radius 3 is 2.12 bits per heavy atom. The summed E-state index contributed by atoms with van der Waals surface area (Å²) in [4.78, 5) is 21.6.